The van der Waals surface area contributed by atoms with Gasteiger partial charge in [0.2, 0.25) is 11.9 Å². The van der Waals surface area contributed by atoms with Crippen molar-refractivity contribution in [2.45, 2.75) is 42.1 Å². The van der Waals surface area contributed by atoms with Crippen LogP contribution in [-0.4, -0.2) is 46.1 Å². The summed E-state index contributed by atoms with van der Waals surface area (Å²) >= 11 is 1.61. The number of hydrogen-bond donors (Lipinski definition) is 1. The number of hydrogen-bond acceptors (Lipinski definition) is 6. The molecule has 0 radical (unpaired) electrons. The average molecular weight is 474 g/mol. The Morgan fingerprint density at radius 2 is 1.91 bits per heavy atom. The highest BCUT2D eigenvalue weighted by atomic mass is 32.2. The molecule has 0 saturated carbocycles. The molecule has 4 aromatic rings. The first-order chi connectivity index (χ1) is 16.5. The van der Waals surface area contributed by atoms with Crippen molar-refractivity contribution in [3.63, 3.8) is 0 Å². The molecule has 1 atom stereocenters. The van der Waals surface area contributed by atoms with Gasteiger partial charge in [0.05, 0.1) is 17.6 Å². The molecule has 2 aromatic heterocycles. The van der Waals surface area contributed by atoms with Gasteiger partial charge >= 0.3 is 0 Å². The number of rotatable bonds is 4. The molecule has 2 aromatic carbocycles. The maximum atomic E-state index is 11.9. The first-order valence-corrected chi connectivity index (χ1v) is 12.5. The predicted octanol–water partition coefficient (Wildman–Crippen LogP) is 4.53. The molecule has 7 nitrogen and oxygen atoms in total. The Kier molecular flexibility index (Phi) is 5.22. The lowest BCUT2D eigenvalue weighted by molar-refractivity contribution is 0.0975. The van der Waals surface area contributed by atoms with Gasteiger partial charge in [0, 0.05) is 42.1 Å². The highest BCUT2D eigenvalue weighted by molar-refractivity contribution is 7.99. The van der Waals surface area contributed by atoms with Crippen molar-refractivity contribution in [3.8, 4) is 0 Å². The summed E-state index contributed by atoms with van der Waals surface area (Å²) in [6, 6.07) is 11.6. The van der Waals surface area contributed by atoms with Crippen LogP contribution in [0.4, 0.5) is 5.95 Å². The van der Waals surface area contributed by atoms with Gasteiger partial charge in [0.1, 0.15) is 0 Å². The van der Waals surface area contributed by atoms with Crippen LogP contribution in [0.5, 0.6) is 0 Å². The number of ether oxygens (including phenoxy) is 1. The second-order valence-corrected chi connectivity index (χ2v) is 10.6. The molecular weight excluding hydrogens is 446 g/mol. The molecule has 34 heavy (non-hydrogen) atoms. The number of primary amides is 1. The molecule has 174 valence electrons. The Hall–Kier alpha value is -3.10. The molecule has 0 bridgehead atoms. The first-order valence-electron chi connectivity index (χ1n) is 11.7. The molecule has 2 saturated heterocycles. The third kappa shape index (κ3) is 3.61. The van der Waals surface area contributed by atoms with E-state index in [-0.39, 0.29) is 0 Å². The van der Waals surface area contributed by atoms with Crippen molar-refractivity contribution in [1.29, 1.82) is 0 Å². The largest absolute Gasteiger partial charge is 0.378 e. The molecule has 2 fully saturated rings. The van der Waals surface area contributed by atoms with Crippen LogP contribution in [0.15, 0.2) is 64.8 Å². The summed E-state index contributed by atoms with van der Waals surface area (Å²) in [5.74, 6) is 0.518. The minimum atomic E-state index is -0.420. The van der Waals surface area contributed by atoms with E-state index in [2.05, 4.69) is 21.2 Å². The quantitative estimate of drug-likeness (QED) is 0.469. The lowest BCUT2D eigenvalue weighted by atomic mass is 9.77. The fraction of sp³-hybridized carbons (Fsp3) is 0.346. The maximum Gasteiger partial charge on any atom is 0.249 e. The number of fused-ring (bicyclic) bond motifs is 2. The number of imidazole rings is 1. The summed E-state index contributed by atoms with van der Waals surface area (Å²) in [5.41, 5.74) is 7.34. The number of benzene rings is 2. The smallest absolute Gasteiger partial charge is 0.249 e. The van der Waals surface area contributed by atoms with E-state index in [9.17, 15) is 4.79 Å². The lowest BCUT2D eigenvalue weighted by Crippen LogP contribution is -2.41. The molecule has 1 spiro atoms. The topological polar surface area (TPSA) is 85.8 Å². The van der Waals surface area contributed by atoms with E-state index < -0.39 is 5.91 Å². The standard InChI is InChI=1S/C26H27N5O2S/c1-17-14-26(16-33-17)8-11-30(12-9-26)25-29-15-22(24-28-10-13-31(24)25)34-21-7-6-20(23(27)32)18-4-2-3-5-19(18)21/h2-7,10,13,15,17H,8-9,11-12,14,16H2,1H3,(H2,27,32)/t17-/m0/s1. The van der Waals surface area contributed by atoms with Crippen LogP contribution >= 0.6 is 11.8 Å². The van der Waals surface area contributed by atoms with Gasteiger partial charge in [-0.25, -0.2) is 9.97 Å². The molecule has 2 N–H and O–H groups in total. The molecule has 0 aliphatic carbocycles. The Morgan fingerprint density at radius 1 is 1.12 bits per heavy atom. The van der Waals surface area contributed by atoms with Crippen molar-refractivity contribution in [3.05, 3.63) is 60.6 Å². The Balaban J connectivity index is 1.31. The Labute approximate surface area is 202 Å². The van der Waals surface area contributed by atoms with E-state index in [0.29, 0.717) is 17.1 Å². The third-order valence-electron chi connectivity index (χ3n) is 7.24. The zero-order valence-electron chi connectivity index (χ0n) is 19.1. The molecular formula is C26H27N5O2S. The molecule has 6 rings (SSSR count). The second kappa shape index (κ2) is 8.29. The third-order valence-corrected chi connectivity index (χ3v) is 8.33. The van der Waals surface area contributed by atoms with Crippen LogP contribution in [0.25, 0.3) is 16.4 Å². The number of nitrogens with two attached hydrogens (primary N) is 1. The summed E-state index contributed by atoms with van der Waals surface area (Å²) in [6.45, 7) is 5.01. The van der Waals surface area contributed by atoms with E-state index >= 15 is 0 Å². The van der Waals surface area contributed by atoms with Crippen molar-refractivity contribution < 1.29 is 9.53 Å². The van der Waals surface area contributed by atoms with Gasteiger partial charge < -0.3 is 15.4 Å². The van der Waals surface area contributed by atoms with Gasteiger partial charge in [-0.2, -0.15) is 0 Å². The summed E-state index contributed by atoms with van der Waals surface area (Å²) < 4.78 is 7.98. The van der Waals surface area contributed by atoms with E-state index in [0.717, 1.165) is 71.1 Å². The van der Waals surface area contributed by atoms with E-state index in [4.69, 9.17) is 15.5 Å². The molecule has 2 aliphatic heterocycles. The Bertz CT molecular complexity index is 1390. The first kappa shape index (κ1) is 21.4. The van der Waals surface area contributed by atoms with Gasteiger partial charge in [-0.3, -0.25) is 9.20 Å². The number of amides is 1. The summed E-state index contributed by atoms with van der Waals surface area (Å²) in [6.07, 6.45) is 9.53. The molecule has 8 heteroatoms. The Morgan fingerprint density at radius 3 is 2.65 bits per heavy atom. The van der Waals surface area contributed by atoms with Gasteiger partial charge in [0.25, 0.3) is 0 Å². The van der Waals surface area contributed by atoms with Gasteiger partial charge in [-0.05, 0) is 54.5 Å². The van der Waals surface area contributed by atoms with Gasteiger partial charge in [-0.15, -0.1) is 0 Å². The van der Waals surface area contributed by atoms with Crippen LogP contribution in [0.1, 0.15) is 36.5 Å². The van der Waals surface area contributed by atoms with Crippen molar-refractivity contribution in [2.75, 3.05) is 24.6 Å². The molecule has 0 unspecified atom stereocenters. The highest BCUT2D eigenvalue weighted by Crippen LogP contribution is 2.43. The number of nitrogens with zero attached hydrogens (tertiary/aromatic N) is 4. The van der Waals surface area contributed by atoms with E-state index in [1.54, 1.807) is 17.8 Å². The van der Waals surface area contributed by atoms with Crippen LogP contribution in [-0.2, 0) is 4.74 Å². The van der Waals surface area contributed by atoms with Crippen LogP contribution in [0, 0.1) is 5.41 Å². The fourth-order valence-electron chi connectivity index (χ4n) is 5.46. The number of piperidine rings is 1. The van der Waals surface area contributed by atoms with Crippen molar-refractivity contribution >= 4 is 40.0 Å². The maximum absolute atomic E-state index is 11.9. The summed E-state index contributed by atoms with van der Waals surface area (Å²) in [5, 5.41) is 1.85. The highest BCUT2D eigenvalue weighted by Gasteiger charge is 2.41. The monoisotopic (exact) mass is 473 g/mol. The van der Waals surface area contributed by atoms with Gasteiger partial charge in [-0.1, -0.05) is 36.0 Å². The van der Waals surface area contributed by atoms with Crippen LogP contribution < -0.4 is 10.6 Å². The normalized spacial score (nSPS) is 19.9. The fourth-order valence-corrected chi connectivity index (χ4v) is 6.47. The van der Waals surface area contributed by atoms with E-state index in [1.807, 2.05) is 48.9 Å². The SMILES string of the molecule is C[C@H]1CC2(CCN(c3ncc(Sc4ccc(C(N)=O)c5ccccc45)c4nccn34)CC2)CO1. The van der Waals surface area contributed by atoms with Crippen molar-refractivity contribution in [1.82, 2.24) is 14.4 Å². The van der Waals surface area contributed by atoms with Crippen LogP contribution in [0.2, 0.25) is 0 Å². The number of anilines is 1. The summed E-state index contributed by atoms with van der Waals surface area (Å²) in [4.78, 5) is 25.8. The summed E-state index contributed by atoms with van der Waals surface area (Å²) in [7, 11) is 0. The molecule has 2 aliphatic rings. The lowest BCUT2D eigenvalue weighted by Gasteiger charge is -2.39. The minimum absolute atomic E-state index is 0.331. The van der Waals surface area contributed by atoms with E-state index in [1.165, 1.54) is 0 Å². The van der Waals surface area contributed by atoms with Gasteiger partial charge in [0.15, 0.2) is 5.65 Å². The number of carbonyl (C=O) groups is 1. The second-order valence-electron chi connectivity index (χ2n) is 9.48. The minimum Gasteiger partial charge on any atom is -0.378 e. The zero-order chi connectivity index (χ0) is 23.3. The van der Waals surface area contributed by atoms with Crippen LogP contribution in [0.3, 0.4) is 0 Å². The molecule has 1 amide bonds. The molecule has 4 heterocycles. The van der Waals surface area contributed by atoms with Crippen molar-refractivity contribution in [2.24, 2.45) is 11.1 Å². The number of carbonyl (C=O) groups excluding carboxylic acids is 1. The predicted molar refractivity (Wildman–Crippen MR) is 133 cm³/mol. The zero-order valence-corrected chi connectivity index (χ0v) is 19.9. The number of aromatic nitrogens is 3. The average Bonchev–Trinajstić information content (AvgIpc) is 3.47.